The number of hydrogen-bond acceptors (Lipinski definition) is 6. The molecule has 0 radical (unpaired) electrons. The van der Waals surface area contributed by atoms with Gasteiger partial charge in [0.1, 0.15) is 16.9 Å². The van der Waals surface area contributed by atoms with Crippen molar-refractivity contribution >= 4 is 71.3 Å². The summed E-state index contributed by atoms with van der Waals surface area (Å²) in [5, 5.41) is 19.9. The Morgan fingerprint density at radius 2 is 2.03 bits per heavy atom. The molecular formula is C21H16Br2F3N5OS2. The van der Waals surface area contributed by atoms with Crippen molar-refractivity contribution in [3.05, 3.63) is 47.0 Å². The smallest absolute Gasteiger partial charge is 0.362 e. The molecule has 5 rings (SSSR count). The van der Waals surface area contributed by atoms with Gasteiger partial charge in [0.15, 0.2) is 11.7 Å². The number of halogens is 5. The predicted molar refractivity (Wildman–Crippen MR) is 132 cm³/mol. The maximum Gasteiger partial charge on any atom is 0.410 e. The molecule has 0 spiro atoms. The second-order valence-electron chi connectivity index (χ2n) is 8.07. The van der Waals surface area contributed by atoms with Gasteiger partial charge in [0.2, 0.25) is 0 Å². The number of carbonyl (C=O) groups is 1. The molecule has 0 saturated carbocycles. The summed E-state index contributed by atoms with van der Waals surface area (Å²) in [7, 11) is 0. The molecule has 2 N–H and O–H groups in total. The Kier molecular flexibility index (Phi) is 6.29. The molecular weight excluding hydrogens is 619 g/mol. The summed E-state index contributed by atoms with van der Waals surface area (Å²) in [6, 6.07) is 3.25. The van der Waals surface area contributed by atoms with Gasteiger partial charge in [0.05, 0.1) is 19.9 Å². The van der Waals surface area contributed by atoms with E-state index in [1.807, 2.05) is 0 Å². The van der Waals surface area contributed by atoms with Crippen LogP contribution in [0.1, 0.15) is 62.7 Å². The summed E-state index contributed by atoms with van der Waals surface area (Å²) >= 11 is 9.36. The third-order valence-corrected chi connectivity index (χ3v) is 9.65. The Morgan fingerprint density at radius 3 is 2.71 bits per heavy atom. The van der Waals surface area contributed by atoms with E-state index in [4.69, 9.17) is 0 Å². The van der Waals surface area contributed by atoms with Gasteiger partial charge in [-0.1, -0.05) is 0 Å². The topological polar surface area (TPSA) is 82.7 Å². The average molecular weight is 635 g/mol. The molecule has 2 aliphatic rings. The molecule has 1 aliphatic carbocycles. The molecule has 3 aromatic rings. The molecule has 3 aromatic heterocycles. The van der Waals surface area contributed by atoms with E-state index in [-0.39, 0.29) is 22.4 Å². The van der Waals surface area contributed by atoms with Gasteiger partial charge >= 0.3 is 6.18 Å². The Labute approximate surface area is 217 Å². The van der Waals surface area contributed by atoms with E-state index < -0.39 is 24.2 Å². The van der Waals surface area contributed by atoms with Crippen molar-refractivity contribution in [3.63, 3.8) is 0 Å². The van der Waals surface area contributed by atoms with Crippen LogP contribution in [0.15, 0.2) is 20.4 Å². The number of rotatable bonds is 3. The van der Waals surface area contributed by atoms with E-state index in [0.29, 0.717) is 10.6 Å². The van der Waals surface area contributed by atoms with Crippen molar-refractivity contribution in [1.29, 1.82) is 5.26 Å². The second-order valence-corrected chi connectivity index (χ2v) is 12.5. The van der Waals surface area contributed by atoms with Gasteiger partial charge < -0.3 is 10.6 Å². The van der Waals surface area contributed by atoms with Crippen molar-refractivity contribution < 1.29 is 18.0 Å². The van der Waals surface area contributed by atoms with Crippen LogP contribution in [0, 0.1) is 11.3 Å². The van der Waals surface area contributed by atoms with E-state index in [0.717, 1.165) is 49.5 Å². The normalized spacial score (nSPS) is 19.6. The van der Waals surface area contributed by atoms with Crippen molar-refractivity contribution in [3.8, 4) is 6.07 Å². The molecule has 0 aromatic carbocycles. The SMILES string of the molecule is N#Cc1c(NC(=O)c2nn3c(c2Br)N[C@H](c2ccc(Br)s2)C[C@@H]3C(F)(F)F)sc2c1CCCC2. The number of nitrogens with one attached hydrogen (secondary N) is 2. The Hall–Kier alpha value is -1.88. The number of anilines is 2. The minimum atomic E-state index is -4.55. The summed E-state index contributed by atoms with van der Waals surface area (Å²) in [5.74, 6) is -0.568. The number of fused-ring (bicyclic) bond motifs is 2. The molecule has 0 saturated heterocycles. The molecule has 2 atom stereocenters. The van der Waals surface area contributed by atoms with Crippen LogP contribution < -0.4 is 10.6 Å². The van der Waals surface area contributed by atoms with Gasteiger partial charge in [-0.15, -0.1) is 22.7 Å². The number of amides is 1. The summed E-state index contributed by atoms with van der Waals surface area (Å²) in [6.07, 6.45) is -1.16. The number of alkyl halides is 3. The van der Waals surface area contributed by atoms with Crippen LogP contribution in [0.3, 0.4) is 0 Å². The third-order valence-electron chi connectivity index (χ3n) is 5.96. The zero-order valence-corrected chi connectivity index (χ0v) is 22.1. The van der Waals surface area contributed by atoms with Crippen molar-refractivity contribution in [1.82, 2.24) is 9.78 Å². The van der Waals surface area contributed by atoms with Crippen molar-refractivity contribution in [2.45, 2.75) is 50.4 Å². The number of aromatic nitrogens is 2. The van der Waals surface area contributed by atoms with Gasteiger partial charge in [-0.3, -0.25) is 4.79 Å². The lowest BCUT2D eigenvalue weighted by molar-refractivity contribution is -0.173. The van der Waals surface area contributed by atoms with E-state index >= 15 is 0 Å². The maximum absolute atomic E-state index is 14.0. The fraction of sp³-hybridized carbons (Fsp3) is 0.381. The number of nitriles is 1. The van der Waals surface area contributed by atoms with Gasteiger partial charge in [-0.25, -0.2) is 4.68 Å². The van der Waals surface area contributed by atoms with Gasteiger partial charge in [0, 0.05) is 16.2 Å². The zero-order chi connectivity index (χ0) is 24.2. The van der Waals surface area contributed by atoms with E-state index in [2.05, 4.69) is 53.7 Å². The molecule has 6 nitrogen and oxygen atoms in total. The number of thiophene rings is 2. The number of carbonyl (C=O) groups excluding carboxylic acids is 1. The second kappa shape index (κ2) is 8.96. The summed E-state index contributed by atoms with van der Waals surface area (Å²) < 4.78 is 43.8. The molecule has 34 heavy (non-hydrogen) atoms. The van der Waals surface area contributed by atoms with Gasteiger partial charge in [-0.2, -0.15) is 23.5 Å². The molecule has 0 unspecified atom stereocenters. The molecule has 1 aliphatic heterocycles. The number of nitrogens with zero attached hydrogens (tertiary/aromatic N) is 3. The van der Waals surface area contributed by atoms with Crippen LogP contribution in [0.4, 0.5) is 24.0 Å². The summed E-state index contributed by atoms with van der Waals surface area (Å²) in [4.78, 5) is 14.9. The van der Waals surface area contributed by atoms with Crippen LogP contribution in [-0.4, -0.2) is 21.9 Å². The summed E-state index contributed by atoms with van der Waals surface area (Å²) in [5.41, 5.74) is 1.23. The zero-order valence-electron chi connectivity index (χ0n) is 17.3. The van der Waals surface area contributed by atoms with Crippen molar-refractivity contribution in [2.24, 2.45) is 0 Å². The first-order valence-electron chi connectivity index (χ1n) is 10.4. The highest BCUT2D eigenvalue weighted by molar-refractivity contribution is 9.11. The number of aryl methyl sites for hydroxylation is 1. The van der Waals surface area contributed by atoms with Crippen LogP contribution in [0.5, 0.6) is 0 Å². The van der Waals surface area contributed by atoms with Crippen molar-refractivity contribution in [2.75, 3.05) is 10.6 Å². The predicted octanol–water partition coefficient (Wildman–Crippen LogP) is 7.19. The summed E-state index contributed by atoms with van der Waals surface area (Å²) in [6.45, 7) is 0. The Bertz CT molecular complexity index is 1320. The largest absolute Gasteiger partial charge is 0.410 e. The first-order valence-corrected chi connectivity index (χ1v) is 13.6. The average Bonchev–Trinajstić information content (AvgIpc) is 3.47. The van der Waals surface area contributed by atoms with E-state index in [1.165, 1.54) is 22.7 Å². The lowest BCUT2D eigenvalue weighted by atomic mass is 9.96. The molecule has 178 valence electrons. The first kappa shape index (κ1) is 23.8. The van der Waals surface area contributed by atoms with Crippen LogP contribution in [-0.2, 0) is 12.8 Å². The van der Waals surface area contributed by atoms with Crippen LogP contribution in [0.2, 0.25) is 0 Å². The van der Waals surface area contributed by atoms with Crippen LogP contribution in [0.25, 0.3) is 0 Å². The van der Waals surface area contributed by atoms with E-state index in [9.17, 15) is 23.2 Å². The maximum atomic E-state index is 14.0. The quantitative estimate of drug-likeness (QED) is 0.319. The third kappa shape index (κ3) is 4.19. The Balaban J connectivity index is 1.49. The molecule has 4 heterocycles. The highest BCUT2D eigenvalue weighted by Gasteiger charge is 2.48. The fourth-order valence-electron chi connectivity index (χ4n) is 4.37. The molecule has 0 bridgehead atoms. The minimum Gasteiger partial charge on any atom is -0.362 e. The standard InChI is InChI=1S/C21H16Br2F3N5OS2/c22-15-6-5-13(33-15)11-7-14(21(24,25)26)31-18(28-11)16(23)17(30-31)19(32)29-20-10(8-27)9-3-1-2-4-12(9)34-20/h5-6,11,14,28H,1-4,7H2,(H,29,32)/t11-,14+/m0/s1. The van der Waals surface area contributed by atoms with Crippen LogP contribution >= 0.6 is 54.5 Å². The minimum absolute atomic E-state index is 0.0965. The first-order chi connectivity index (χ1) is 16.2. The lowest BCUT2D eigenvalue weighted by Crippen LogP contribution is -2.35. The molecule has 1 amide bonds. The van der Waals surface area contributed by atoms with E-state index in [1.54, 1.807) is 12.1 Å². The fourth-order valence-corrected chi connectivity index (χ4v) is 7.65. The highest BCUT2D eigenvalue weighted by atomic mass is 79.9. The Morgan fingerprint density at radius 1 is 1.26 bits per heavy atom. The van der Waals surface area contributed by atoms with Gasteiger partial charge in [0.25, 0.3) is 5.91 Å². The lowest BCUT2D eigenvalue weighted by Gasteiger charge is -2.33. The highest BCUT2D eigenvalue weighted by Crippen LogP contribution is 2.47. The van der Waals surface area contributed by atoms with Gasteiger partial charge in [-0.05, 0) is 75.2 Å². The monoisotopic (exact) mass is 633 g/mol. The molecule has 13 heteroatoms. The molecule has 0 fully saturated rings. The number of hydrogen-bond donors (Lipinski definition) is 2.